The van der Waals surface area contributed by atoms with Crippen LogP contribution in [0.4, 0.5) is 4.79 Å². The number of nitrogens with one attached hydrogen (secondary N) is 1. The number of hydrogen-bond acceptors (Lipinski definition) is 4. The lowest BCUT2D eigenvalue weighted by atomic mass is 9.92. The largest absolute Gasteiger partial charge is 0.481 e. The van der Waals surface area contributed by atoms with E-state index in [4.69, 9.17) is 9.84 Å². The molecule has 0 bridgehead atoms. The van der Waals surface area contributed by atoms with E-state index in [-0.39, 0.29) is 31.3 Å². The van der Waals surface area contributed by atoms with E-state index >= 15 is 0 Å². The van der Waals surface area contributed by atoms with Gasteiger partial charge in [-0.1, -0.05) is 61.4 Å². The minimum absolute atomic E-state index is 0.0261. The molecule has 0 aliphatic heterocycles. The van der Waals surface area contributed by atoms with Crippen LogP contribution >= 0.6 is 0 Å². The van der Waals surface area contributed by atoms with Crippen LogP contribution in [0.3, 0.4) is 0 Å². The number of aliphatic carboxylic acids is 1. The highest BCUT2D eigenvalue weighted by Crippen LogP contribution is 2.44. The fourth-order valence-corrected chi connectivity index (χ4v) is 5.74. The van der Waals surface area contributed by atoms with Gasteiger partial charge in [-0.05, 0) is 48.9 Å². The molecule has 1 fully saturated rings. The SMILES string of the molecule is CCN(C(=O)CC1(NC(=O)OCC2c3ccccc3-c3ccccc32)CCCC1)C(C)CC(=O)O. The Labute approximate surface area is 206 Å². The highest BCUT2D eigenvalue weighted by molar-refractivity contribution is 5.81. The predicted molar refractivity (Wildman–Crippen MR) is 133 cm³/mol. The molecular weight excluding hydrogens is 444 g/mol. The van der Waals surface area contributed by atoms with Crippen molar-refractivity contribution in [3.63, 3.8) is 0 Å². The molecule has 2 aromatic carbocycles. The molecule has 1 unspecified atom stereocenters. The maximum absolute atomic E-state index is 13.1. The topological polar surface area (TPSA) is 95.9 Å². The van der Waals surface area contributed by atoms with Crippen LogP contribution in [0.25, 0.3) is 11.1 Å². The van der Waals surface area contributed by atoms with Crippen molar-refractivity contribution in [1.82, 2.24) is 10.2 Å². The molecule has 2 N–H and O–H groups in total. The van der Waals surface area contributed by atoms with Crippen molar-refractivity contribution in [2.45, 2.75) is 69.9 Å². The lowest BCUT2D eigenvalue weighted by Gasteiger charge is -2.34. The predicted octanol–water partition coefficient (Wildman–Crippen LogP) is 4.94. The summed E-state index contributed by atoms with van der Waals surface area (Å²) in [6.45, 7) is 4.24. The number of carboxylic acid groups (broad SMARTS) is 1. The van der Waals surface area contributed by atoms with E-state index in [1.807, 2.05) is 31.2 Å². The average Bonchev–Trinajstić information content (AvgIpc) is 3.40. The highest BCUT2D eigenvalue weighted by Gasteiger charge is 2.40. The zero-order chi connectivity index (χ0) is 25.0. The van der Waals surface area contributed by atoms with Crippen molar-refractivity contribution in [3.05, 3.63) is 59.7 Å². The summed E-state index contributed by atoms with van der Waals surface area (Å²) in [6, 6.07) is 16.0. The molecule has 2 aliphatic rings. The van der Waals surface area contributed by atoms with Crippen LogP contribution in [0.15, 0.2) is 48.5 Å². The number of carboxylic acids is 1. The molecule has 2 aromatic rings. The summed E-state index contributed by atoms with van der Waals surface area (Å²) in [4.78, 5) is 38.8. The van der Waals surface area contributed by atoms with Gasteiger partial charge in [0.25, 0.3) is 0 Å². The van der Waals surface area contributed by atoms with E-state index in [0.717, 1.165) is 24.0 Å². The van der Waals surface area contributed by atoms with E-state index in [2.05, 4.69) is 29.6 Å². The maximum Gasteiger partial charge on any atom is 0.407 e. The van der Waals surface area contributed by atoms with Crippen LogP contribution < -0.4 is 5.32 Å². The van der Waals surface area contributed by atoms with Gasteiger partial charge in [-0.15, -0.1) is 0 Å². The van der Waals surface area contributed by atoms with Gasteiger partial charge < -0.3 is 20.1 Å². The third-order valence-corrected chi connectivity index (χ3v) is 7.42. The van der Waals surface area contributed by atoms with E-state index in [1.165, 1.54) is 11.1 Å². The molecule has 0 aromatic heterocycles. The molecule has 1 atom stereocenters. The van der Waals surface area contributed by atoms with Crippen LogP contribution in [0, 0.1) is 0 Å². The van der Waals surface area contributed by atoms with Gasteiger partial charge in [-0.3, -0.25) is 9.59 Å². The number of benzene rings is 2. The van der Waals surface area contributed by atoms with E-state index < -0.39 is 23.6 Å². The Balaban J connectivity index is 1.42. The van der Waals surface area contributed by atoms with Gasteiger partial charge in [0.15, 0.2) is 0 Å². The first kappa shape index (κ1) is 24.8. The van der Waals surface area contributed by atoms with E-state index in [1.54, 1.807) is 11.8 Å². The molecule has 4 rings (SSSR count). The summed E-state index contributed by atoms with van der Waals surface area (Å²) >= 11 is 0. The molecule has 0 radical (unpaired) electrons. The minimum Gasteiger partial charge on any atom is -0.481 e. The zero-order valence-electron chi connectivity index (χ0n) is 20.5. The first-order valence-electron chi connectivity index (χ1n) is 12.5. The number of carbonyl (C=O) groups excluding carboxylic acids is 2. The lowest BCUT2D eigenvalue weighted by molar-refractivity contribution is -0.140. The number of fused-ring (bicyclic) bond motifs is 3. The molecule has 2 amide bonds. The number of amides is 2. The van der Waals surface area contributed by atoms with Crippen LogP contribution in [0.2, 0.25) is 0 Å². The third-order valence-electron chi connectivity index (χ3n) is 7.42. The summed E-state index contributed by atoms with van der Waals surface area (Å²) in [5.41, 5.74) is 3.99. The van der Waals surface area contributed by atoms with E-state index in [9.17, 15) is 14.4 Å². The number of hydrogen-bond donors (Lipinski definition) is 2. The Morgan fingerprint density at radius 2 is 1.63 bits per heavy atom. The maximum atomic E-state index is 13.1. The normalized spacial score (nSPS) is 16.7. The standard InChI is InChI=1S/C28H34N2O5/c1-3-30(19(2)16-26(32)33)25(31)17-28(14-8-9-15-28)29-27(34)35-18-24-22-12-6-4-10-20(22)21-11-5-7-13-23(21)24/h4-7,10-13,19,24H,3,8-9,14-18H2,1-2H3,(H,29,34)(H,32,33). The first-order chi connectivity index (χ1) is 16.8. The number of alkyl carbamates (subject to hydrolysis) is 1. The first-order valence-corrected chi connectivity index (χ1v) is 12.5. The molecule has 2 aliphatic carbocycles. The molecule has 35 heavy (non-hydrogen) atoms. The van der Waals surface area contributed by atoms with Crippen molar-refractivity contribution < 1.29 is 24.2 Å². The third kappa shape index (κ3) is 5.34. The summed E-state index contributed by atoms with van der Waals surface area (Å²) in [7, 11) is 0. The van der Waals surface area contributed by atoms with Crippen LogP contribution in [0.1, 0.15) is 69.4 Å². The summed E-state index contributed by atoms with van der Waals surface area (Å²) in [6.07, 6.45) is 2.79. The second-order valence-corrected chi connectivity index (χ2v) is 9.74. The van der Waals surface area contributed by atoms with Crippen LogP contribution in [0.5, 0.6) is 0 Å². The Hall–Kier alpha value is -3.35. The molecule has 0 heterocycles. The molecule has 7 nitrogen and oxygen atoms in total. The Morgan fingerprint density at radius 1 is 1.06 bits per heavy atom. The fraction of sp³-hybridized carbons (Fsp3) is 0.464. The van der Waals surface area contributed by atoms with Crippen LogP contribution in [-0.2, 0) is 14.3 Å². The molecule has 7 heteroatoms. The van der Waals surface area contributed by atoms with Gasteiger partial charge in [-0.25, -0.2) is 4.79 Å². The second-order valence-electron chi connectivity index (χ2n) is 9.74. The second kappa shape index (κ2) is 10.5. The van der Waals surface area contributed by atoms with Crippen molar-refractivity contribution in [3.8, 4) is 11.1 Å². The molecule has 1 saturated carbocycles. The van der Waals surface area contributed by atoms with Crippen molar-refractivity contribution in [2.24, 2.45) is 0 Å². The highest BCUT2D eigenvalue weighted by atomic mass is 16.5. The number of nitrogens with zero attached hydrogens (tertiary/aromatic N) is 1. The van der Waals surface area contributed by atoms with Gasteiger partial charge in [0.1, 0.15) is 6.61 Å². The van der Waals surface area contributed by atoms with Gasteiger partial charge in [0, 0.05) is 18.5 Å². The summed E-state index contributed by atoms with van der Waals surface area (Å²) < 4.78 is 5.74. The fourth-order valence-electron chi connectivity index (χ4n) is 5.74. The zero-order valence-corrected chi connectivity index (χ0v) is 20.5. The van der Waals surface area contributed by atoms with Gasteiger partial charge >= 0.3 is 12.1 Å². The minimum atomic E-state index is -0.934. The van der Waals surface area contributed by atoms with Gasteiger partial charge in [0.05, 0.1) is 18.4 Å². The van der Waals surface area contributed by atoms with E-state index in [0.29, 0.717) is 19.4 Å². The van der Waals surface area contributed by atoms with Gasteiger partial charge in [-0.2, -0.15) is 0 Å². The van der Waals surface area contributed by atoms with Crippen molar-refractivity contribution in [1.29, 1.82) is 0 Å². The Kier molecular flexibility index (Phi) is 7.43. The summed E-state index contributed by atoms with van der Waals surface area (Å²) in [5.74, 6) is -1.10. The molecular formula is C28H34N2O5. The van der Waals surface area contributed by atoms with Crippen molar-refractivity contribution in [2.75, 3.05) is 13.2 Å². The Morgan fingerprint density at radius 3 is 2.17 bits per heavy atom. The van der Waals surface area contributed by atoms with Gasteiger partial charge in [0.2, 0.25) is 5.91 Å². The van der Waals surface area contributed by atoms with Crippen molar-refractivity contribution >= 4 is 18.0 Å². The Bertz CT molecular complexity index is 1050. The molecule has 0 spiro atoms. The quantitative estimate of drug-likeness (QED) is 0.532. The summed E-state index contributed by atoms with van der Waals surface area (Å²) in [5, 5.41) is 12.2. The smallest absolute Gasteiger partial charge is 0.407 e. The molecule has 186 valence electrons. The number of ether oxygens (including phenoxy) is 1. The average molecular weight is 479 g/mol. The number of carbonyl (C=O) groups is 3. The monoisotopic (exact) mass is 478 g/mol. The van der Waals surface area contributed by atoms with Crippen LogP contribution in [-0.4, -0.2) is 52.7 Å². The number of rotatable bonds is 9. The molecule has 0 saturated heterocycles. The lowest BCUT2D eigenvalue weighted by Crippen LogP contribution is -2.51.